The van der Waals surface area contributed by atoms with E-state index in [0.717, 1.165) is 6.07 Å². The Bertz CT molecular complexity index is 757. The molecule has 1 aromatic heterocycles. The number of carboxylic acids is 1. The Kier molecular flexibility index (Phi) is 5.23. The van der Waals surface area contributed by atoms with Crippen molar-refractivity contribution in [2.24, 2.45) is 0 Å². The molecule has 0 amide bonds. The van der Waals surface area contributed by atoms with E-state index in [4.69, 9.17) is 16.7 Å². The number of aromatic carboxylic acids is 1. The van der Waals surface area contributed by atoms with E-state index in [1.807, 2.05) is 29.1 Å². The average Bonchev–Trinajstić information content (AvgIpc) is 2.97. The van der Waals surface area contributed by atoms with Crippen molar-refractivity contribution in [3.63, 3.8) is 0 Å². The predicted octanol–water partition coefficient (Wildman–Crippen LogP) is 2.21. The van der Waals surface area contributed by atoms with Gasteiger partial charge in [0, 0.05) is 25.5 Å². The van der Waals surface area contributed by atoms with Crippen LogP contribution in [0, 0.1) is 0 Å². The average molecular weight is 343 g/mol. The van der Waals surface area contributed by atoms with Gasteiger partial charge in [0.2, 0.25) is 10.0 Å². The summed E-state index contributed by atoms with van der Waals surface area (Å²) < 4.78 is 28.8. The van der Waals surface area contributed by atoms with Crippen molar-refractivity contribution in [1.29, 1.82) is 0 Å². The fourth-order valence-corrected chi connectivity index (χ4v) is 3.51. The van der Waals surface area contributed by atoms with E-state index in [0.29, 0.717) is 13.0 Å². The van der Waals surface area contributed by atoms with Crippen LogP contribution in [0.25, 0.3) is 0 Å². The number of rotatable bonds is 7. The van der Waals surface area contributed by atoms with Crippen LogP contribution in [0.5, 0.6) is 0 Å². The summed E-state index contributed by atoms with van der Waals surface area (Å²) in [5.41, 5.74) is -0.128. The standard InChI is InChI=1S/C14H15ClN2O4S/c15-12-5-4-11(14(18)19)10-13(12)22(20,21)16-6-3-9-17-7-1-2-8-17/h1-2,4-5,7-8,10,16H,3,6,9H2,(H,18,19). The molecule has 8 heteroatoms. The highest BCUT2D eigenvalue weighted by atomic mass is 35.5. The van der Waals surface area contributed by atoms with Gasteiger partial charge in [-0.15, -0.1) is 0 Å². The molecule has 2 aromatic rings. The first-order valence-corrected chi connectivity index (χ1v) is 8.39. The van der Waals surface area contributed by atoms with E-state index in [2.05, 4.69) is 4.72 Å². The highest BCUT2D eigenvalue weighted by Crippen LogP contribution is 2.22. The molecule has 0 fully saturated rings. The lowest BCUT2D eigenvalue weighted by Gasteiger charge is -2.09. The minimum absolute atomic E-state index is 0.0112. The number of carboxylic acid groups (broad SMARTS) is 1. The number of aryl methyl sites for hydroxylation is 1. The fraction of sp³-hybridized carbons (Fsp3) is 0.214. The third-order valence-corrected chi connectivity index (χ3v) is 4.96. The van der Waals surface area contributed by atoms with Crippen molar-refractivity contribution in [2.75, 3.05) is 6.54 Å². The van der Waals surface area contributed by atoms with Gasteiger partial charge in [0.25, 0.3) is 0 Å². The second-order valence-electron chi connectivity index (χ2n) is 4.62. The SMILES string of the molecule is O=C(O)c1ccc(Cl)c(S(=O)(=O)NCCCn2cccc2)c1. The lowest BCUT2D eigenvalue weighted by Crippen LogP contribution is -2.26. The van der Waals surface area contributed by atoms with Gasteiger partial charge in [-0.1, -0.05) is 11.6 Å². The summed E-state index contributed by atoms with van der Waals surface area (Å²) in [5, 5.41) is 8.91. The van der Waals surface area contributed by atoms with Crippen LogP contribution in [0.3, 0.4) is 0 Å². The molecule has 1 aromatic carbocycles. The highest BCUT2D eigenvalue weighted by molar-refractivity contribution is 7.89. The van der Waals surface area contributed by atoms with E-state index < -0.39 is 16.0 Å². The number of halogens is 1. The maximum Gasteiger partial charge on any atom is 0.335 e. The second kappa shape index (κ2) is 6.95. The third-order valence-electron chi connectivity index (χ3n) is 3.02. The summed E-state index contributed by atoms with van der Waals surface area (Å²) >= 11 is 5.86. The number of hydrogen-bond acceptors (Lipinski definition) is 3. The van der Waals surface area contributed by atoms with Gasteiger partial charge >= 0.3 is 5.97 Å². The van der Waals surface area contributed by atoms with Gasteiger partial charge in [0.15, 0.2) is 0 Å². The first-order valence-electron chi connectivity index (χ1n) is 6.53. The van der Waals surface area contributed by atoms with E-state index in [1.165, 1.54) is 12.1 Å². The molecule has 0 saturated carbocycles. The minimum atomic E-state index is -3.84. The lowest BCUT2D eigenvalue weighted by molar-refractivity contribution is 0.0696. The lowest BCUT2D eigenvalue weighted by atomic mass is 10.2. The molecule has 2 N–H and O–H groups in total. The molecule has 0 unspecified atom stereocenters. The largest absolute Gasteiger partial charge is 0.478 e. The summed E-state index contributed by atoms with van der Waals surface area (Å²) in [6.07, 6.45) is 4.38. The molecule has 1 heterocycles. The Morgan fingerprint density at radius 3 is 2.59 bits per heavy atom. The van der Waals surface area contributed by atoms with Crippen LogP contribution in [0.15, 0.2) is 47.6 Å². The van der Waals surface area contributed by atoms with Crippen molar-refractivity contribution in [1.82, 2.24) is 9.29 Å². The molecule has 22 heavy (non-hydrogen) atoms. The van der Waals surface area contributed by atoms with Crippen molar-refractivity contribution < 1.29 is 18.3 Å². The molecule has 0 bridgehead atoms. The quantitative estimate of drug-likeness (QED) is 0.755. The molecule has 0 radical (unpaired) electrons. The van der Waals surface area contributed by atoms with E-state index in [9.17, 15) is 13.2 Å². The van der Waals surface area contributed by atoms with Gasteiger partial charge < -0.3 is 9.67 Å². The Hall–Kier alpha value is -1.83. The normalized spacial score (nSPS) is 11.5. The summed E-state index contributed by atoms with van der Waals surface area (Å²) in [6.45, 7) is 0.909. The van der Waals surface area contributed by atoms with Crippen molar-refractivity contribution >= 4 is 27.6 Å². The van der Waals surface area contributed by atoms with Crippen molar-refractivity contribution in [3.05, 3.63) is 53.3 Å². The van der Waals surface area contributed by atoms with E-state index >= 15 is 0 Å². The number of nitrogens with one attached hydrogen (secondary N) is 1. The molecule has 0 saturated heterocycles. The van der Waals surface area contributed by atoms with Gasteiger partial charge in [-0.05, 0) is 36.8 Å². The van der Waals surface area contributed by atoms with Crippen LogP contribution in [0.4, 0.5) is 0 Å². The van der Waals surface area contributed by atoms with E-state index in [-0.39, 0.29) is 22.0 Å². The molecule has 0 atom stereocenters. The topological polar surface area (TPSA) is 88.4 Å². The first kappa shape index (κ1) is 16.5. The van der Waals surface area contributed by atoms with Gasteiger partial charge in [0.05, 0.1) is 10.6 Å². The Morgan fingerprint density at radius 2 is 1.95 bits per heavy atom. The van der Waals surface area contributed by atoms with Crippen LogP contribution in [-0.2, 0) is 16.6 Å². The highest BCUT2D eigenvalue weighted by Gasteiger charge is 2.19. The number of aromatic nitrogens is 1. The summed E-state index contributed by atoms with van der Waals surface area (Å²) in [6, 6.07) is 7.36. The maximum absolute atomic E-state index is 12.2. The molecule has 6 nitrogen and oxygen atoms in total. The number of nitrogens with zero attached hydrogens (tertiary/aromatic N) is 1. The number of carbonyl (C=O) groups is 1. The van der Waals surface area contributed by atoms with Gasteiger partial charge in [-0.25, -0.2) is 17.9 Å². The smallest absolute Gasteiger partial charge is 0.335 e. The van der Waals surface area contributed by atoms with Crippen LogP contribution < -0.4 is 4.72 Å². The molecule has 118 valence electrons. The molecule has 0 aliphatic rings. The molecule has 0 aliphatic carbocycles. The number of benzene rings is 1. The van der Waals surface area contributed by atoms with Crippen LogP contribution in [0.2, 0.25) is 5.02 Å². The van der Waals surface area contributed by atoms with Crippen LogP contribution in [-0.4, -0.2) is 30.6 Å². The molecule has 0 aliphatic heterocycles. The Balaban J connectivity index is 2.03. The molecular formula is C14H15ClN2O4S. The third kappa shape index (κ3) is 4.09. The zero-order valence-electron chi connectivity index (χ0n) is 11.6. The number of sulfonamides is 1. The summed E-state index contributed by atoms with van der Waals surface area (Å²) in [5.74, 6) is -1.21. The van der Waals surface area contributed by atoms with E-state index in [1.54, 1.807) is 0 Å². The molecule has 0 spiro atoms. The monoisotopic (exact) mass is 342 g/mol. The van der Waals surface area contributed by atoms with Crippen molar-refractivity contribution in [2.45, 2.75) is 17.9 Å². The Labute approximate surface area is 133 Å². The van der Waals surface area contributed by atoms with Crippen molar-refractivity contribution in [3.8, 4) is 0 Å². The van der Waals surface area contributed by atoms with Crippen LogP contribution in [0.1, 0.15) is 16.8 Å². The maximum atomic E-state index is 12.2. The Morgan fingerprint density at radius 1 is 1.27 bits per heavy atom. The van der Waals surface area contributed by atoms with Crippen LogP contribution >= 0.6 is 11.6 Å². The zero-order chi connectivity index (χ0) is 16.2. The molecular weight excluding hydrogens is 328 g/mol. The van der Waals surface area contributed by atoms with Gasteiger partial charge in [-0.3, -0.25) is 0 Å². The second-order valence-corrected chi connectivity index (χ2v) is 6.77. The van der Waals surface area contributed by atoms with Gasteiger partial charge in [0.1, 0.15) is 4.90 Å². The summed E-state index contributed by atoms with van der Waals surface area (Å²) in [4.78, 5) is 10.7. The number of hydrogen-bond donors (Lipinski definition) is 2. The predicted molar refractivity (Wildman–Crippen MR) is 82.6 cm³/mol. The fourth-order valence-electron chi connectivity index (χ4n) is 1.91. The minimum Gasteiger partial charge on any atom is -0.478 e. The molecule has 2 rings (SSSR count). The zero-order valence-corrected chi connectivity index (χ0v) is 13.1. The summed E-state index contributed by atoms with van der Waals surface area (Å²) in [7, 11) is -3.84. The van der Waals surface area contributed by atoms with Gasteiger partial charge in [-0.2, -0.15) is 0 Å². The first-order chi connectivity index (χ1) is 10.4.